The Morgan fingerprint density at radius 2 is 2.00 bits per heavy atom. The van der Waals surface area contributed by atoms with Crippen LogP contribution in [0.2, 0.25) is 0 Å². The van der Waals surface area contributed by atoms with Crippen molar-refractivity contribution in [1.82, 2.24) is 20.9 Å². The van der Waals surface area contributed by atoms with E-state index in [-0.39, 0.29) is 42.0 Å². The fourth-order valence-corrected chi connectivity index (χ4v) is 1.62. The van der Waals surface area contributed by atoms with E-state index in [1.165, 1.54) is 0 Å². The largest absolute Gasteiger partial charge is 0.357 e. The Hall–Kier alpha value is -1.38. The summed E-state index contributed by atoms with van der Waals surface area (Å²) in [6, 6.07) is 5.71. The number of nitrogens with zero attached hydrogens (tertiary/aromatic N) is 2. The number of nitrogens with one attached hydrogen (secondary N) is 3. The molecule has 0 saturated heterocycles. The molecule has 3 N–H and O–H groups in total. The second kappa shape index (κ2) is 10.4. The fourth-order valence-electron chi connectivity index (χ4n) is 1.62. The second-order valence-electron chi connectivity index (χ2n) is 5.67. The quantitative estimate of drug-likeness (QED) is 0.386. The van der Waals surface area contributed by atoms with Crippen molar-refractivity contribution < 1.29 is 4.79 Å². The van der Waals surface area contributed by atoms with Crippen molar-refractivity contribution >= 4 is 35.8 Å². The first-order valence-electron chi connectivity index (χ1n) is 7.14. The van der Waals surface area contributed by atoms with Gasteiger partial charge in [0.1, 0.15) is 0 Å². The number of rotatable bonds is 5. The van der Waals surface area contributed by atoms with E-state index >= 15 is 0 Å². The maximum Gasteiger partial charge on any atom is 0.239 e. The zero-order valence-corrected chi connectivity index (χ0v) is 16.0. The fraction of sp³-hybridized carbons (Fsp3) is 0.533. The van der Waals surface area contributed by atoms with E-state index in [1.807, 2.05) is 45.9 Å². The van der Waals surface area contributed by atoms with Crippen molar-refractivity contribution in [3.63, 3.8) is 0 Å². The number of carbonyl (C=O) groups excluding carboxylic acids is 1. The number of aromatic nitrogens is 1. The highest BCUT2D eigenvalue weighted by molar-refractivity contribution is 14.0. The van der Waals surface area contributed by atoms with Crippen LogP contribution >= 0.6 is 24.0 Å². The molecule has 0 aliphatic rings. The van der Waals surface area contributed by atoms with Gasteiger partial charge >= 0.3 is 0 Å². The highest BCUT2D eigenvalue weighted by atomic mass is 127. The summed E-state index contributed by atoms with van der Waals surface area (Å²) in [5.41, 5.74) is 0.649. The molecule has 0 atom stereocenters. The summed E-state index contributed by atoms with van der Waals surface area (Å²) in [4.78, 5) is 20.4. The molecular weight excluding hydrogens is 393 g/mol. The van der Waals surface area contributed by atoms with Crippen LogP contribution in [0.5, 0.6) is 0 Å². The van der Waals surface area contributed by atoms with Gasteiger partial charge in [-0.2, -0.15) is 0 Å². The van der Waals surface area contributed by atoms with Crippen molar-refractivity contribution in [2.24, 2.45) is 4.99 Å². The Kier molecular flexibility index (Phi) is 9.71. The van der Waals surface area contributed by atoms with Gasteiger partial charge in [0.15, 0.2) is 5.96 Å². The summed E-state index contributed by atoms with van der Waals surface area (Å²) in [6.07, 6.45) is 1.74. The molecule has 6 nitrogen and oxygen atoms in total. The molecule has 124 valence electrons. The van der Waals surface area contributed by atoms with Gasteiger partial charge in [-0.05, 0) is 39.8 Å². The van der Waals surface area contributed by atoms with Crippen LogP contribution in [0.1, 0.15) is 33.4 Å². The predicted molar refractivity (Wildman–Crippen MR) is 100 cm³/mol. The standard InChI is InChI=1S/C15H25N5O.HI/c1-5-16-14(18-10-12-8-6-7-9-17-12)19-11-13(21)20-15(2,3)4;/h6-9H,5,10-11H2,1-4H3,(H,20,21)(H2,16,18,19);1H. The maximum absolute atomic E-state index is 11.8. The minimum Gasteiger partial charge on any atom is -0.357 e. The Morgan fingerprint density at radius 3 is 2.55 bits per heavy atom. The second-order valence-corrected chi connectivity index (χ2v) is 5.67. The first kappa shape index (κ1) is 20.6. The van der Waals surface area contributed by atoms with Crippen LogP contribution in [0, 0.1) is 0 Å². The van der Waals surface area contributed by atoms with Gasteiger partial charge in [-0.25, -0.2) is 4.99 Å². The van der Waals surface area contributed by atoms with Gasteiger partial charge in [0.25, 0.3) is 0 Å². The summed E-state index contributed by atoms with van der Waals surface area (Å²) in [5.74, 6) is 0.540. The smallest absolute Gasteiger partial charge is 0.239 e. The maximum atomic E-state index is 11.8. The average Bonchev–Trinajstić information content (AvgIpc) is 2.41. The number of hydrogen-bond donors (Lipinski definition) is 3. The van der Waals surface area contributed by atoms with Crippen LogP contribution < -0.4 is 16.0 Å². The lowest BCUT2D eigenvalue weighted by Gasteiger charge is -2.21. The molecule has 0 aliphatic heterocycles. The lowest BCUT2D eigenvalue weighted by atomic mass is 10.1. The molecule has 0 aliphatic carbocycles. The molecule has 0 bridgehead atoms. The number of pyridine rings is 1. The molecule has 0 unspecified atom stereocenters. The zero-order chi connectivity index (χ0) is 15.7. The minimum atomic E-state index is -0.234. The van der Waals surface area contributed by atoms with E-state index in [4.69, 9.17) is 0 Å². The van der Waals surface area contributed by atoms with Crippen LogP contribution in [0.25, 0.3) is 0 Å². The number of hydrogen-bond acceptors (Lipinski definition) is 3. The number of aliphatic imine (C=N–C) groups is 1. The molecule has 0 spiro atoms. The lowest BCUT2D eigenvalue weighted by Crippen LogP contribution is -2.48. The number of guanidine groups is 1. The molecule has 1 amide bonds. The van der Waals surface area contributed by atoms with Crippen molar-refractivity contribution in [1.29, 1.82) is 0 Å². The Labute approximate surface area is 149 Å². The van der Waals surface area contributed by atoms with Gasteiger partial charge in [0.2, 0.25) is 5.91 Å². The highest BCUT2D eigenvalue weighted by Crippen LogP contribution is 1.97. The summed E-state index contributed by atoms with van der Waals surface area (Å²) in [6.45, 7) is 9.21. The van der Waals surface area contributed by atoms with Gasteiger partial charge < -0.3 is 16.0 Å². The molecule has 0 fully saturated rings. The van der Waals surface area contributed by atoms with Crippen LogP contribution in [0.4, 0.5) is 0 Å². The molecule has 1 aromatic heterocycles. The van der Waals surface area contributed by atoms with E-state index in [0.717, 1.165) is 12.2 Å². The SMILES string of the molecule is CCNC(=NCc1ccccn1)NCC(=O)NC(C)(C)C.I. The third-order valence-electron chi connectivity index (χ3n) is 2.40. The molecule has 0 saturated carbocycles. The summed E-state index contributed by atoms with van der Waals surface area (Å²) < 4.78 is 0. The van der Waals surface area contributed by atoms with Crippen LogP contribution in [0.3, 0.4) is 0 Å². The van der Waals surface area contributed by atoms with E-state index in [9.17, 15) is 4.79 Å². The van der Waals surface area contributed by atoms with Crippen molar-refractivity contribution in [3.05, 3.63) is 30.1 Å². The molecule has 7 heteroatoms. The highest BCUT2D eigenvalue weighted by Gasteiger charge is 2.13. The molecule has 1 heterocycles. The zero-order valence-electron chi connectivity index (χ0n) is 13.6. The molecular formula is C15H26IN5O. The normalized spacial score (nSPS) is 11.4. The van der Waals surface area contributed by atoms with Gasteiger partial charge in [0, 0.05) is 18.3 Å². The Morgan fingerprint density at radius 1 is 1.27 bits per heavy atom. The average molecular weight is 419 g/mol. The third kappa shape index (κ3) is 9.54. The van der Waals surface area contributed by atoms with Gasteiger partial charge in [-0.3, -0.25) is 9.78 Å². The number of amides is 1. The third-order valence-corrected chi connectivity index (χ3v) is 2.40. The van der Waals surface area contributed by atoms with Crippen LogP contribution in [0.15, 0.2) is 29.4 Å². The molecule has 22 heavy (non-hydrogen) atoms. The van der Waals surface area contributed by atoms with E-state index in [0.29, 0.717) is 12.5 Å². The Balaban J connectivity index is 0.00000441. The van der Waals surface area contributed by atoms with Gasteiger partial charge in [0.05, 0.1) is 18.8 Å². The van der Waals surface area contributed by atoms with Gasteiger partial charge in [-0.1, -0.05) is 6.07 Å². The minimum absolute atomic E-state index is 0. The predicted octanol–water partition coefficient (Wildman–Crippen LogP) is 1.67. The first-order chi connectivity index (χ1) is 9.90. The monoisotopic (exact) mass is 419 g/mol. The summed E-state index contributed by atoms with van der Waals surface area (Å²) in [5, 5.41) is 9.01. The van der Waals surface area contributed by atoms with E-state index in [1.54, 1.807) is 6.20 Å². The first-order valence-corrected chi connectivity index (χ1v) is 7.14. The number of carbonyl (C=O) groups is 1. The topological polar surface area (TPSA) is 78.4 Å². The molecule has 0 radical (unpaired) electrons. The Bertz CT molecular complexity index is 471. The summed E-state index contributed by atoms with van der Waals surface area (Å²) >= 11 is 0. The lowest BCUT2D eigenvalue weighted by molar-refractivity contribution is -0.121. The molecule has 1 aromatic rings. The van der Waals surface area contributed by atoms with Crippen LogP contribution in [-0.2, 0) is 11.3 Å². The van der Waals surface area contributed by atoms with Crippen LogP contribution in [-0.4, -0.2) is 35.5 Å². The van der Waals surface area contributed by atoms with E-state index in [2.05, 4.69) is 25.9 Å². The van der Waals surface area contributed by atoms with E-state index < -0.39 is 0 Å². The van der Waals surface area contributed by atoms with Crippen molar-refractivity contribution in [2.45, 2.75) is 39.8 Å². The van der Waals surface area contributed by atoms with Crippen molar-refractivity contribution in [3.8, 4) is 0 Å². The molecule has 1 rings (SSSR count). The van der Waals surface area contributed by atoms with Gasteiger partial charge in [-0.15, -0.1) is 24.0 Å². The number of halogens is 1. The summed E-state index contributed by atoms with van der Waals surface area (Å²) in [7, 11) is 0. The van der Waals surface area contributed by atoms with Crippen molar-refractivity contribution in [2.75, 3.05) is 13.1 Å². The molecule has 0 aromatic carbocycles.